The number of amides is 1. The van der Waals surface area contributed by atoms with Crippen LogP contribution < -0.4 is 15.8 Å². The molecule has 0 fully saturated rings. The Hall–Kier alpha value is -2.49. The van der Waals surface area contributed by atoms with Gasteiger partial charge in [0.1, 0.15) is 5.75 Å². The molecule has 0 aromatic heterocycles. The zero-order chi connectivity index (χ0) is 13.9. The lowest BCUT2D eigenvalue weighted by Crippen LogP contribution is -2.14. The Balaban J connectivity index is 1.98. The highest BCUT2D eigenvalue weighted by Gasteiger charge is 2.16. The summed E-state index contributed by atoms with van der Waals surface area (Å²) in [5.74, 6) is 0.732. The van der Waals surface area contributed by atoms with Gasteiger partial charge in [0.05, 0.1) is 11.3 Å². The van der Waals surface area contributed by atoms with Crippen LogP contribution in [0.25, 0.3) is 0 Å². The average molecular weight is 268 g/mol. The van der Waals surface area contributed by atoms with Gasteiger partial charge in [-0.25, -0.2) is 0 Å². The van der Waals surface area contributed by atoms with Gasteiger partial charge in [-0.15, -0.1) is 0 Å². The molecule has 0 aliphatic carbocycles. The van der Waals surface area contributed by atoms with E-state index in [0.29, 0.717) is 11.3 Å². The lowest BCUT2D eigenvalue weighted by Gasteiger charge is -2.21. The molecule has 1 amide bonds. The molecule has 2 aromatic rings. The third kappa shape index (κ3) is 2.32. The number of para-hydroxylation sites is 2. The number of aryl methyl sites for hydroxylation is 1. The van der Waals surface area contributed by atoms with Crippen molar-refractivity contribution in [3.63, 3.8) is 0 Å². The van der Waals surface area contributed by atoms with Crippen molar-refractivity contribution in [2.75, 3.05) is 11.9 Å². The number of ether oxygens (including phenoxy) is 1. The molecule has 102 valence electrons. The van der Waals surface area contributed by atoms with E-state index in [1.54, 1.807) is 18.2 Å². The molecule has 2 aromatic carbocycles. The van der Waals surface area contributed by atoms with Crippen molar-refractivity contribution in [1.29, 1.82) is 0 Å². The summed E-state index contributed by atoms with van der Waals surface area (Å²) in [5.41, 5.74) is 8.01. The molecule has 1 aliphatic rings. The molecular formula is C16H16N2O2. The van der Waals surface area contributed by atoms with Crippen LogP contribution in [-0.4, -0.2) is 12.5 Å². The monoisotopic (exact) mass is 268 g/mol. The van der Waals surface area contributed by atoms with Crippen molar-refractivity contribution in [3.05, 3.63) is 53.6 Å². The van der Waals surface area contributed by atoms with E-state index in [-0.39, 0.29) is 0 Å². The van der Waals surface area contributed by atoms with Crippen LogP contribution in [0.4, 0.5) is 5.69 Å². The number of primary amides is 1. The summed E-state index contributed by atoms with van der Waals surface area (Å²) in [4.78, 5) is 11.4. The van der Waals surface area contributed by atoms with Crippen LogP contribution in [0.2, 0.25) is 0 Å². The van der Waals surface area contributed by atoms with Crippen LogP contribution in [0.3, 0.4) is 0 Å². The highest BCUT2D eigenvalue weighted by molar-refractivity contribution is 5.95. The molecule has 0 bridgehead atoms. The minimum Gasteiger partial charge on any atom is -0.454 e. The molecule has 1 aliphatic heterocycles. The SMILES string of the molecule is NC(=O)c1ccccc1Oc1cccc2c1NCCC2. The number of nitrogens with two attached hydrogens (primary N) is 1. The Kier molecular flexibility index (Phi) is 3.29. The van der Waals surface area contributed by atoms with Crippen molar-refractivity contribution in [3.8, 4) is 11.5 Å². The van der Waals surface area contributed by atoms with Gasteiger partial charge in [-0.1, -0.05) is 24.3 Å². The minimum atomic E-state index is -0.488. The summed E-state index contributed by atoms with van der Waals surface area (Å²) < 4.78 is 5.91. The summed E-state index contributed by atoms with van der Waals surface area (Å²) in [7, 11) is 0. The number of fused-ring (bicyclic) bond motifs is 1. The molecular weight excluding hydrogens is 252 g/mol. The van der Waals surface area contributed by atoms with Crippen LogP contribution in [0, 0.1) is 0 Å². The van der Waals surface area contributed by atoms with E-state index in [4.69, 9.17) is 10.5 Å². The number of hydrogen-bond acceptors (Lipinski definition) is 3. The summed E-state index contributed by atoms with van der Waals surface area (Å²) in [6.45, 7) is 0.935. The van der Waals surface area contributed by atoms with Crippen molar-refractivity contribution >= 4 is 11.6 Å². The summed E-state index contributed by atoms with van der Waals surface area (Å²) in [5, 5.41) is 3.36. The second kappa shape index (κ2) is 5.25. The number of benzene rings is 2. The van der Waals surface area contributed by atoms with E-state index in [0.717, 1.165) is 30.8 Å². The van der Waals surface area contributed by atoms with Gasteiger partial charge in [-0.05, 0) is 36.6 Å². The second-order valence-electron chi connectivity index (χ2n) is 4.78. The highest BCUT2D eigenvalue weighted by Crippen LogP contribution is 2.35. The van der Waals surface area contributed by atoms with E-state index < -0.39 is 5.91 Å². The number of carbonyl (C=O) groups is 1. The van der Waals surface area contributed by atoms with E-state index in [2.05, 4.69) is 11.4 Å². The van der Waals surface area contributed by atoms with Crippen molar-refractivity contribution < 1.29 is 9.53 Å². The van der Waals surface area contributed by atoms with Crippen LogP contribution in [0.1, 0.15) is 22.3 Å². The van der Waals surface area contributed by atoms with Gasteiger partial charge in [-0.2, -0.15) is 0 Å². The first-order valence-electron chi connectivity index (χ1n) is 6.68. The topological polar surface area (TPSA) is 64.4 Å². The van der Waals surface area contributed by atoms with Crippen molar-refractivity contribution in [2.45, 2.75) is 12.8 Å². The fraction of sp³-hybridized carbons (Fsp3) is 0.188. The molecule has 0 atom stereocenters. The summed E-state index contributed by atoms with van der Waals surface area (Å²) in [6.07, 6.45) is 2.16. The third-order valence-corrected chi connectivity index (χ3v) is 3.41. The van der Waals surface area contributed by atoms with E-state index in [1.807, 2.05) is 18.2 Å². The van der Waals surface area contributed by atoms with Gasteiger partial charge in [0.25, 0.3) is 5.91 Å². The Morgan fingerprint density at radius 3 is 2.75 bits per heavy atom. The molecule has 3 rings (SSSR count). The molecule has 0 unspecified atom stereocenters. The fourth-order valence-electron chi connectivity index (χ4n) is 2.44. The largest absolute Gasteiger partial charge is 0.454 e. The standard InChI is InChI=1S/C16H16N2O2/c17-16(19)12-7-1-2-8-13(12)20-14-9-3-5-11-6-4-10-18-15(11)14/h1-3,5,7-9,18H,4,6,10H2,(H2,17,19). The van der Waals surface area contributed by atoms with Gasteiger partial charge >= 0.3 is 0 Å². The predicted octanol–water partition coefficient (Wildman–Crippen LogP) is 2.94. The quantitative estimate of drug-likeness (QED) is 0.899. The Bertz CT molecular complexity index is 653. The second-order valence-corrected chi connectivity index (χ2v) is 4.78. The Morgan fingerprint density at radius 1 is 1.10 bits per heavy atom. The van der Waals surface area contributed by atoms with Crippen molar-refractivity contribution in [1.82, 2.24) is 0 Å². The zero-order valence-electron chi connectivity index (χ0n) is 11.1. The van der Waals surface area contributed by atoms with Gasteiger partial charge in [0.2, 0.25) is 0 Å². The fourth-order valence-corrected chi connectivity index (χ4v) is 2.44. The summed E-state index contributed by atoms with van der Waals surface area (Å²) >= 11 is 0. The van der Waals surface area contributed by atoms with Gasteiger partial charge in [-0.3, -0.25) is 4.79 Å². The van der Waals surface area contributed by atoms with Crippen LogP contribution in [0.5, 0.6) is 11.5 Å². The number of hydrogen-bond donors (Lipinski definition) is 2. The molecule has 0 radical (unpaired) electrons. The maximum atomic E-state index is 11.4. The zero-order valence-corrected chi connectivity index (χ0v) is 11.1. The first-order valence-corrected chi connectivity index (χ1v) is 6.68. The van der Waals surface area contributed by atoms with E-state index in [1.165, 1.54) is 5.56 Å². The average Bonchev–Trinajstić information content (AvgIpc) is 2.48. The molecule has 20 heavy (non-hydrogen) atoms. The maximum absolute atomic E-state index is 11.4. The van der Waals surface area contributed by atoms with Gasteiger partial charge in [0, 0.05) is 6.54 Å². The Morgan fingerprint density at radius 2 is 1.90 bits per heavy atom. The Labute approximate surface area is 117 Å². The van der Waals surface area contributed by atoms with Gasteiger partial charge < -0.3 is 15.8 Å². The number of anilines is 1. The third-order valence-electron chi connectivity index (χ3n) is 3.41. The highest BCUT2D eigenvalue weighted by atomic mass is 16.5. The molecule has 1 heterocycles. The first kappa shape index (κ1) is 12.5. The minimum absolute atomic E-state index is 0.390. The van der Waals surface area contributed by atoms with Crippen LogP contribution >= 0.6 is 0 Å². The molecule has 0 spiro atoms. The number of carbonyl (C=O) groups excluding carboxylic acids is 1. The van der Waals surface area contributed by atoms with Crippen LogP contribution in [-0.2, 0) is 6.42 Å². The van der Waals surface area contributed by atoms with Crippen LogP contribution in [0.15, 0.2) is 42.5 Å². The van der Waals surface area contributed by atoms with Gasteiger partial charge in [0.15, 0.2) is 5.75 Å². The van der Waals surface area contributed by atoms with E-state index in [9.17, 15) is 4.79 Å². The lowest BCUT2D eigenvalue weighted by molar-refractivity contribution is 0.0998. The van der Waals surface area contributed by atoms with E-state index >= 15 is 0 Å². The molecule has 4 heteroatoms. The summed E-state index contributed by atoms with van der Waals surface area (Å²) in [6, 6.07) is 13.0. The number of rotatable bonds is 3. The molecule has 3 N–H and O–H groups in total. The molecule has 0 saturated carbocycles. The molecule has 0 saturated heterocycles. The smallest absolute Gasteiger partial charge is 0.252 e. The maximum Gasteiger partial charge on any atom is 0.252 e. The molecule has 4 nitrogen and oxygen atoms in total. The predicted molar refractivity (Wildman–Crippen MR) is 78.3 cm³/mol. The van der Waals surface area contributed by atoms with Crippen molar-refractivity contribution in [2.24, 2.45) is 5.73 Å². The number of nitrogens with one attached hydrogen (secondary N) is 1. The normalized spacial score (nSPS) is 13.2. The first-order chi connectivity index (χ1) is 9.75. The lowest BCUT2D eigenvalue weighted by atomic mass is 10.0.